The van der Waals surface area contributed by atoms with E-state index in [2.05, 4.69) is 34.3 Å². The number of hydrogen-bond acceptors (Lipinski definition) is 4. The molecule has 3 rings (SSSR count). The molecule has 1 heterocycles. The van der Waals surface area contributed by atoms with Gasteiger partial charge in [0.2, 0.25) is 0 Å². The molecule has 1 aliphatic rings. The van der Waals surface area contributed by atoms with Crippen LogP contribution in [0.5, 0.6) is 0 Å². The maximum atomic E-state index is 13.1. The van der Waals surface area contributed by atoms with Gasteiger partial charge >= 0.3 is 11.8 Å². The predicted octanol–water partition coefficient (Wildman–Crippen LogP) is 3.22. The second-order valence-corrected chi connectivity index (χ2v) is 8.15. The van der Waals surface area contributed by atoms with Crippen LogP contribution in [0.25, 0.3) is 0 Å². The topological polar surface area (TPSA) is 64.7 Å². The molecule has 2 aromatic carbocycles. The van der Waals surface area contributed by atoms with Gasteiger partial charge in [-0.25, -0.2) is 4.39 Å². The third-order valence-electron chi connectivity index (χ3n) is 5.54. The van der Waals surface area contributed by atoms with E-state index in [0.29, 0.717) is 18.2 Å². The molecule has 1 aliphatic heterocycles. The third-order valence-corrected chi connectivity index (χ3v) is 5.54. The molecule has 1 fully saturated rings. The van der Waals surface area contributed by atoms with Crippen molar-refractivity contribution in [2.75, 3.05) is 49.5 Å². The van der Waals surface area contributed by atoms with E-state index in [1.54, 1.807) is 0 Å². The zero-order valence-electron chi connectivity index (χ0n) is 18.2. The first kappa shape index (κ1) is 22.7. The summed E-state index contributed by atoms with van der Waals surface area (Å²) in [5, 5.41) is 5.32. The normalized spacial score (nSPS) is 14.5. The van der Waals surface area contributed by atoms with Crippen LogP contribution in [0.2, 0.25) is 0 Å². The van der Waals surface area contributed by atoms with Crippen LogP contribution >= 0.6 is 0 Å². The van der Waals surface area contributed by atoms with Gasteiger partial charge in [-0.15, -0.1) is 0 Å². The van der Waals surface area contributed by atoms with Gasteiger partial charge in [-0.1, -0.05) is 26.0 Å². The van der Waals surface area contributed by atoms with Crippen molar-refractivity contribution in [3.8, 4) is 0 Å². The average Bonchev–Trinajstić information content (AvgIpc) is 2.78. The van der Waals surface area contributed by atoms with Crippen molar-refractivity contribution in [1.29, 1.82) is 0 Å². The van der Waals surface area contributed by atoms with E-state index >= 15 is 0 Å². The molecule has 0 spiro atoms. The number of benzene rings is 2. The fourth-order valence-corrected chi connectivity index (χ4v) is 3.61. The molecule has 166 valence electrons. The second kappa shape index (κ2) is 10.9. The van der Waals surface area contributed by atoms with E-state index in [1.165, 1.54) is 17.7 Å². The minimum Gasteiger partial charge on any atom is -0.369 e. The molecule has 0 bridgehead atoms. The van der Waals surface area contributed by atoms with Crippen LogP contribution < -0.4 is 15.5 Å². The number of carbonyl (C=O) groups excluding carboxylic acids is 2. The van der Waals surface area contributed by atoms with E-state index in [9.17, 15) is 14.0 Å². The van der Waals surface area contributed by atoms with Crippen LogP contribution in [0.15, 0.2) is 48.5 Å². The molecule has 31 heavy (non-hydrogen) atoms. The maximum absolute atomic E-state index is 13.1. The second-order valence-electron chi connectivity index (χ2n) is 8.15. The molecule has 0 radical (unpaired) electrons. The quantitative estimate of drug-likeness (QED) is 0.527. The van der Waals surface area contributed by atoms with Gasteiger partial charge in [-0.2, -0.15) is 0 Å². The Morgan fingerprint density at radius 1 is 0.935 bits per heavy atom. The van der Waals surface area contributed by atoms with Gasteiger partial charge in [0.25, 0.3) is 0 Å². The molecule has 6 nitrogen and oxygen atoms in total. The number of carbonyl (C=O) groups is 2. The average molecular weight is 427 g/mol. The molecule has 2 amide bonds. The molecule has 7 heteroatoms. The van der Waals surface area contributed by atoms with Crippen LogP contribution in [0.1, 0.15) is 31.7 Å². The fourth-order valence-electron chi connectivity index (χ4n) is 3.61. The summed E-state index contributed by atoms with van der Waals surface area (Å²) >= 11 is 0. The van der Waals surface area contributed by atoms with Crippen LogP contribution in [-0.4, -0.2) is 56.0 Å². The molecule has 0 aliphatic carbocycles. The smallest absolute Gasteiger partial charge is 0.313 e. The Morgan fingerprint density at radius 2 is 1.58 bits per heavy atom. The zero-order chi connectivity index (χ0) is 22.2. The van der Waals surface area contributed by atoms with Crippen molar-refractivity contribution >= 4 is 23.2 Å². The Morgan fingerprint density at radius 3 is 2.19 bits per heavy atom. The number of piperazine rings is 1. The molecular weight excluding hydrogens is 395 g/mol. The minimum atomic E-state index is -0.648. The molecule has 0 unspecified atom stereocenters. The lowest BCUT2D eigenvalue weighted by Gasteiger charge is -2.36. The summed E-state index contributed by atoms with van der Waals surface area (Å²) in [6.45, 7) is 9.12. The highest BCUT2D eigenvalue weighted by Crippen LogP contribution is 2.18. The lowest BCUT2D eigenvalue weighted by atomic mass is 10.0. The lowest BCUT2D eigenvalue weighted by molar-refractivity contribution is -0.136. The van der Waals surface area contributed by atoms with Crippen LogP contribution in [0.4, 0.5) is 15.8 Å². The summed E-state index contributed by atoms with van der Waals surface area (Å²) in [6.07, 6.45) is 0.776. The van der Waals surface area contributed by atoms with E-state index < -0.39 is 11.8 Å². The Bertz CT molecular complexity index is 860. The summed E-state index contributed by atoms with van der Waals surface area (Å²) in [7, 11) is 0. The monoisotopic (exact) mass is 426 g/mol. The Labute approximate surface area is 183 Å². The van der Waals surface area contributed by atoms with Gasteiger partial charge in [0.05, 0.1) is 0 Å². The van der Waals surface area contributed by atoms with E-state index in [0.717, 1.165) is 44.8 Å². The van der Waals surface area contributed by atoms with E-state index in [4.69, 9.17) is 0 Å². The van der Waals surface area contributed by atoms with Gasteiger partial charge in [0.1, 0.15) is 5.82 Å². The highest BCUT2D eigenvalue weighted by molar-refractivity contribution is 6.39. The molecule has 0 saturated carbocycles. The number of anilines is 2. The first-order valence-electron chi connectivity index (χ1n) is 10.8. The highest BCUT2D eigenvalue weighted by Gasteiger charge is 2.17. The largest absolute Gasteiger partial charge is 0.369 e. The molecule has 2 N–H and O–H groups in total. The zero-order valence-corrected chi connectivity index (χ0v) is 18.2. The van der Waals surface area contributed by atoms with Crippen molar-refractivity contribution < 1.29 is 14.0 Å². The number of amides is 2. The molecular formula is C24H31FN4O2. The van der Waals surface area contributed by atoms with Gasteiger partial charge in [-0.05, 0) is 60.8 Å². The van der Waals surface area contributed by atoms with Crippen molar-refractivity contribution in [3.63, 3.8) is 0 Å². The number of halogens is 1. The number of nitrogens with zero attached hydrogens (tertiary/aromatic N) is 2. The summed E-state index contributed by atoms with van der Waals surface area (Å²) in [6, 6.07) is 14.1. The van der Waals surface area contributed by atoms with Crippen LogP contribution in [-0.2, 0) is 9.59 Å². The number of hydrogen-bond donors (Lipinski definition) is 2. The number of rotatable bonds is 7. The standard InChI is InChI=1S/C24H31FN4O2/c1-18(2)19-4-8-21(9-5-19)27-24(31)23(30)26-12-3-13-28-14-16-29(17-15-28)22-10-6-20(25)7-11-22/h4-11,18H,3,12-17H2,1-2H3,(H,26,30)(H,27,31). The summed E-state index contributed by atoms with van der Waals surface area (Å²) in [5.41, 5.74) is 2.84. The van der Waals surface area contributed by atoms with Crippen LogP contribution in [0.3, 0.4) is 0 Å². The number of nitrogens with one attached hydrogen (secondary N) is 2. The lowest BCUT2D eigenvalue weighted by Crippen LogP contribution is -2.47. The fraction of sp³-hybridized carbons (Fsp3) is 0.417. The SMILES string of the molecule is CC(C)c1ccc(NC(=O)C(=O)NCCCN2CCN(c3ccc(F)cc3)CC2)cc1. The van der Waals surface area contributed by atoms with Gasteiger partial charge in [0.15, 0.2) is 0 Å². The Hall–Kier alpha value is -2.93. The summed E-state index contributed by atoms with van der Waals surface area (Å²) in [4.78, 5) is 28.7. The van der Waals surface area contributed by atoms with Crippen molar-refractivity contribution in [2.24, 2.45) is 0 Å². The van der Waals surface area contributed by atoms with E-state index in [1.807, 2.05) is 36.4 Å². The molecule has 0 aromatic heterocycles. The molecule has 2 aromatic rings. The van der Waals surface area contributed by atoms with E-state index in [-0.39, 0.29) is 5.82 Å². The van der Waals surface area contributed by atoms with Crippen molar-refractivity contribution in [2.45, 2.75) is 26.2 Å². The minimum absolute atomic E-state index is 0.220. The first-order chi connectivity index (χ1) is 14.9. The molecule has 0 atom stereocenters. The van der Waals surface area contributed by atoms with Gasteiger partial charge in [0, 0.05) is 44.1 Å². The maximum Gasteiger partial charge on any atom is 0.313 e. The van der Waals surface area contributed by atoms with Crippen molar-refractivity contribution in [3.05, 3.63) is 59.9 Å². The Kier molecular flexibility index (Phi) is 8.00. The summed E-state index contributed by atoms with van der Waals surface area (Å²) in [5.74, 6) is -1.07. The third kappa shape index (κ3) is 6.79. The highest BCUT2D eigenvalue weighted by atomic mass is 19.1. The van der Waals surface area contributed by atoms with Gasteiger partial charge in [-0.3, -0.25) is 14.5 Å². The molecule has 1 saturated heterocycles. The van der Waals surface area contributed by atoms with Crippen molar-refractivity contribution in [1.82, 2.24) is 10.2 Å². The Balaban J connectivity index is 1.32. The van der Waals surface area contributed by atoms with Gasteiger partial charge < -0.3 is 15.5 Å². The first-order valence-corrected chi connectivity index (χ1v) is 10.8. The predicted molar refractivity (Wildman–Crippen MR) is 122 cm³/mol. The summed E-state index contributed by atoms with van der Waals surface area (Å²) < 4.78 is 13.1. The van der Waals surface area contributed by atoms with Crippen LogP contribution in [0, 0.1) is 5.82 Å².